The van der Waals surface area contributed by atoms with Crippen LogP contribution in [0.5, 0.6) is 11.5 Å². The molecule has 2 aromatic rings. The summed E-state index contributed by atoms with van der Waals surface area (Å²) < 4.78 is 53.7. The van der Waals surface area contributed by atoms with Crippen LogP contribution in [0.2, 0.25) is 0 Å². The van der Waals surface area contributed by atoms with Gasteiger partial charge in [-0.1, -0.05) is 12.1 Å². The van der Waals surface area contributed by atoms with Gasteiger partial charge in [-0.3, -0.25) is 9.62 Å². The molecule has 1 heterocycles. The first-order valence-electron chi connectivity index (χ1n) is 10.6. The number of ether oxygens (including phenoxy) is 2. The van der Waals surface area contributed by atoms with E-state index in [1.54, 1.807) is 26.2 Å². The minimum absolute atomic E-state index is 0.114. The molecule has 1 aliphatic heterocycles. The molecule has 0 saturated heterocycles. The number of nitrogens with zero attached hydrogens (tertiary/aromatic N) is 2. The Bertz CT molecular complexity index is 1250. The summed E-state index contributed by atoms with van der Waals surface area (Å²) in [4.78, 5) is 27.6. The fourth-order valence-electron chi connectivity index (χ4n) is 4.11. The van der Waals surface area contributed by atoms with Crippen molar-refractivity contribution in [3.63, 3.8) is 0 Å². The SMILES string of the molecule is CNS(=O)(=O)Nc1cccc(CN2C(=O)Oc3cc(OC(=O)N(C)C)ccc3C23CCC3)c1F. The molecule has 1 spiro atoms. The lowest BCUT2D eigenvalue weighted by atomic mass is 9.69. The van der Waals surface area contributed by atoms with Crippen LogP contribution in [0.15, 0.2) is 36.4 Å². The van der Waals surface area contributed by atoms with E-state index in [2.05, 4.69) is 9.44 Å². The maximum absolute atomic E-state index is 15.1. The second-order valence-electron chi connectivity index (χ2n) is 8.35. The number of anilines is 1. The number of hydrogen-bond donors (Lipinski definition) is 2. The third-order valence-corrected chi connectivity index (χ3v) is 7.09. The molecular weight excluding hydrogens is 467 g/mol. The molecule has 34 heavy (non-hydrogen) atoms. The Balaban J connectivity index is 1.64. The van der Waals surface area contributed by atoms with Gasteiger partial charge in [-0.05, 0) is 37.5 Å². The first-order chi connectivity index (χ1) is 16.1. The van der Waals surface area contributed by atoms with Gasteiger partial charge in [0.05, 0.1) is 17.8 Å². The number of fused-ring (bicyclic) bond motifs is 2. The van der Waals surface area contributed by atoms with Crippen LogP contribution in [0.25, 0.3) is 0 Å². The van der Waals surface area contributed by atoms with Crippen molar-refractivity contribution in [1.82, 2.24) is 14.5 Å². The van der Waals surface area contributed by atoms with Crippen molar-refractivity contribution >= 4 is 28.1 Å². The number of amides is 2. The van der Waals surface area contributed by atoms with Crippen molar-refractivity contribution in [3.05, 3.63) is 53.3 Å². The molecule has 0 atom stereocenters. The fourth-order valence-corrected chi connectivity index (χ4v) is 4.66. The summed E-state index contributed by atoms with van der Waals surface area (Å²) in [5.74, 6) is -0.245. The standard InChI is InChI=1S/C22H25FN4O6S/c1-24-34(30,31)25-17-7-4-6-14(19(17)23)13-27-21(29)33-18-12-15(32-20(28)26(2)3)8-9-16(18)22(27)10-5-11-22/h4,6-9,12,24-25H,5,10-11,13H2,1-3H3. The Hall–Kier alpha value is -3.38. The van der Waals surface area contributed by atoms with Crippen LogP contribution >= 0.6 is 0 Å². The highest BCUT2D eigenvalue weighted by atomic mass is 32.2. The van der Waals surface area contributed by atoms with Crippen LogP contribution in [-0.2, 0) is 22.3 Å². The molecule has 2 aromatic carbocycles. The normalized spacial score (nSPS) is 16.4. The van der Waals surface area contributed by atoms with E-state index in [0.717, 1.165) is 12.0 Å². The van der Waals surface area contributed by atoms with E-state index < -0.39 is 33.8 Å². The quantitative estimate of drug-likeness (QED) is 0.640. The van der Waals surface area contributed by atoms with Gasteiger partial charge in [0.25, 0.3) is 10.2 Å². The maximum atomic E-state index is 15.1. The summed E-state index contributed by atoms with van der Waals surface area (Å²) in [5.41, 5.74) is -0.0376. The minimum atomic E-state index is -3.91. The maximum Gasteiger partial charge on any atom is 0.416 e. The van der Waals surface area contributed by atoms with Crippen molar-refractivity contribution in [1.29, 1.82) is 0 Å². The summed E-state index contributed by atoms with van der Waals surface area (Å²) in [6.45, 7) is -0.114. The molecule has 0 bridgehead atoms. The second-order valence-corrected chi connectivity index (χ2v) is 9.97. The minimum Gasteiger partial charge on any atom is -0.410 e. The predicted octanol–water partition coefficient (Wildman–Crippen LogP) is 3.16. The van der Waals surface area contributed by atoms with E-state index in [4.69, 9.17) is 9.47 Å². The summed E-state index contributed by atoms with van der Waals surface area (Å²) >= 11 is 0. The molecule has 0 unspecified atom stereocenters. The van der Waals surface area contributed by atoms with Crippen LogP contribution in [0.3, 0.4) is 0 Å². The summed E-state index contributed by atoms with van der Waals surface area (Å²) in [7, 11) is 0.403. The number of nitrogens with one attached hydrogen (secondary N) is 2. The Morgan fingerprint density at radius 2 is 2.00 bits per heavy atom. The van der Waals surface area contributed by atoms with Crippen LogP contribution in [-0.4, -0.2) is 51.5 Å². The first kappa shape index (κ1) is 23.8. The monoisotopic (exact) mass is 492 g/mol. The highest BCUT2D eigenvalue weighted by molar-refractivity contribution is 7.90. The molecule has 1 saturated carbocycles. The number of halogens is 1. The molecule has 2 amide bonds. The molecule has 2 N–H and O–H groups in total. The average molecular weight is 493 g/mol. The smallest absolute Gasteiger partial charge is 0.410 e. The lowest BCUT2D eigenvalue weighted by Gasteiger charge is -2.52. The van der Waals surface area contributed by atoms with Crippen LogP contribution < -0.4 is 18.9 Å². The van der Waals surface area contributed by atoms with Gasteiger partial charge < -0.3 is 14.4 Å². The number of hydrogen-bond acceptors (Lipinski definition) is 6. The third-order valence-electron chi connectivity index (χ3n) is 6.06. The zero-order valence-electron chi connectivity index (χ0n) is 18.9. The van der Waals surface area contributed by atoms with E-state index in [-0.39, 0.29) is 23.5 Å². The van der Waals surface area contributed by atoms with Crippen LogP contribution in [0.4, 0.5) is 19.7 Å². The fraction of sp³-hybridized carbons (Fsp3) is 0.364. The number of benzene rings is 2. The Kier molecular flexibility index (Phi) is 6.13. The van der Waals surface area contributed by atoms with Crippen LogP contribution in [0, 0.1) is 5.82 Å². The summed E-state index contributed by atoms with van der Waals surface area (Å²) in [6.07, 6.45) is 0.944. The van der Waals surface area contributed by atoms with Gasteiger partial charge >= 0.3 is 12.2 Å². The molecule has 0 aromatic heterocycles. The Labute approximate surface area is 196 Å². The molecule has 1 fully saturated rings. The van der Waals surface area contributed by atoms with Crippen molar-refractivity contribution in [2.24, 2.45) is 0 Å². The number of carbonyl (C=O) groups is 2. The molecule has 2 aliphatic rings. The van der Waals surface area contributed by atoms with Crippen molar-refractivity contribution < 1.29 is 31.9 Å². The van der Waals surface area contributed by atoms with E-state index in [9.17, 15) is 18.0 Å². The van der Waals surface area contributed by atoms with Gasteiger partial charge in [0.1, 0.15) is 11.5 Å². The predicted molar refractivity (Wildman–Crippen MR) is 121 cm³/mol. The molecule has 4 rings (SSSR count). The lowest BCUT2D eigenvalue weighted by molar-refractivity contribution is 0.00113. The van der Waals surface area contributed by atoms with Crippen molar-refractivity contribution in [3.8, 4) is 11.5 Å². The molecule has 10 nitrogen and oxygen atoms in total. The van der Waals surface area contributed by atoms with Gasteiger partial charge in [0, 0.05) is 38.3 Å². The number of rotatable bonds is 6. The largest absolute Gasteiger partial charge is 0.416 e. The van der Waals surface area contributed by atoms with Crippen LogP contribution in [0.1, 0.15) is 30.4 Å². The molecule has 1 aliphatic carbocycles. The lowest BCUT2D eigenvalue weighted by Crippen LogP contribution is -2.57. The zero-order chi connectivity index (χ0) is 24.7. The van der Waals surface area contributed by atoms with E-state index in [1.807, 2.05) is 0 Å². The van der Waals surface area contributed by atoms with E-state index >= 15 is 4.39 Å². The van der Waals surface area contributed by atoms with Crippen molar-refractivity contribution in [2.75, 3.05) is 25.9 Å². The molecule has 182 valence electrons. The molecule has 12 heteroatoms. The highest BCUT2D eigenvalue weighted by Gasteiger charge is 2.51. The average Bonchev–Trinajstić information content (AvgIpc) is 2.75. The first-order valence-corrected chi connectivity index (χ1v) is 12.1. The summed E-state index contributed by atoms with van der Waals surface area (Å²) in [6, 6.07) is 9.18. The van der Waals surface area contributed by atoms with Gasteiger partial charge in [0.15, 0.2) is 5.82 Å². The Morgan fingerprint density at radius 1 is 1.26 bits per heavy atom. The van der Waals surface area contributed by atoms with Gasteiger partial charge in [0.2, 0.25) is 0 Å². The Morgan fingerprint density at radius 3 is 2.62 bits per heavy atom. The number of carbonyl (C=O) groups excluding carboxylic acids is 2. The van der Waals surface area contributed by atoms with Gasteiger partial charge in [-0.15, -0.1) is 0 Å². The summed E-state index contributed by atoms with van der Waals surface area (Å²) in [5, 5.41) is 0. The van der Waals surface area contributed by atoms with Gasteiger partial charge in [-0.25, -0.2) is 18.7 Å². The van der Waals surface area contributed by atoms with E-state index in [0.29, 0.717) is 18.6 Å². The highest BCUT2D eigenvalue weighted by Crippen LogP contribution is 2.53. The molecular formula is C22H25FN4O6S. The third kappa shape index (κ3) is 4.26. The topological polar surface area (TPSA) is 117 Å². The molecule has 0 radical (unpaired) electrons. The zero-order valence-corrected chi connectivity index (χ0v) is 19.7. The van der Waals surface area contributed by atoms with E-state index in [1.165, 1.54) is 41.1 Å². The van der Waals surface area contributed by atoms with Crippen molar-refractivity contribution in [2.45, 2.75) is 31.3 Å². The second kappa shape index (κ2) is 8.76. The van der Waals surface area contributed by atoms with Gasteiger partial charge in [-0.2, -0.15) is 8.42 Å².